The molecule has 1 amide bonds. The Morgan fingerprint density at radius 3 is 3.06 bits per heavy atom. The van der Waals surface area contributed by atoms with E-state index in [0.717, 1.165) is 16.5 Å². The van der Waals surface area contributed by atoms with Crippen LogP contribution in [0.25, 0.3) is 10.9 Å². The molecule has 18 heavy (non-hydrogen) atoms. The van der Waals surface area contributed by atoms with Crippen LogP contribution in [-0.4, -0.2) is 23.5 Å². The molecule has 5 heteroatoms. The molecular weight excluding hydrogens is 228 g/mol. The molecule has 1 aromatic heterocycles. The van der Waals surface area contributed by atoms with Gasteiger partial charge in [-0.2, -0.15) is 5.26 Å². The van der Waals surface area contributed by atoms with Crippen molar-refractivity contribution in [2.75, 3.05) is 6.54 Å². The number of nitriles is 1. The highest BCUT2D eigenvalue weighted by molar-refractivity contribution is 5.86. The van der Waals surface area contributed by atoms with E-state index in [9.17, 15) is 4.79 Å². The summed E-state index contributed by atoms with van der Waals surface area (Å²) >= 11 is 0. The number of nitrogens with zero attached hydrogens (tertiary/aromatic N) is 1. The molecular formula is C13H14N4O. The number of carbonyl (C=O) groups is 1. The second-order valence-electron chi connectivity index (χ2n) is 4.05. The van der Waals surface area contributed by atoms with E-state index in [1.807, 2.05) is 36.5 Å². The van der Waals surface area contributed by atoms with E-state index >= 15 is 0 Å². The molecule has 1 unspecified atom stereocenters. The fraction of sp³-hybridized carbons (Fsp3) is 0.231. The van der Waals surface area contributed by atoms with Gasteiger partial charge in [0, 0.05) is 17.1 Å². The molecule has 2 aromatic rings. The third kappa shape index (κ3) is 2.50. The molecule has 92 valence electrons. The predicted molar refractivity (Wildman–Crippen MR) is 68.6 cm³/mol. The monoisotopic (exact) mass is 242 g/mol. The van der Waals surface area contributed by atoms with Crippen molar-refractivity contribution in [3.63, 3.8) is 0 Å². The molecule has 0 saturated heterocycles. The Morgan fingerprint density at radius 1 is 1.50 bits per heavy atom. The van der Waals surface area contributed by atoms with Gasteiger partial charge in [0.15, 0.2) is 0 Å². The minimum atomic E-state index is -0.641. The van der Waals surface area contributed by atoms with Crippen LogP contribution in [0, 0.1) is 11.3 Å². The van der Waals surface area contributed by atoms with Gasteiger partial charge < -0.3 is 16.0 Å². The van der Waals surface area contributed by atoms with Crippen LogP contribution in [-0.2, 0) is 11.2 Å². The largest absolute Gasteiger partial charge is 0.361 e. The third-order valence-electron chi connectivity index (χ3n) is 2.79. The van der Waals surface area contributed by atoms with Crippen LogP contribution >= 0.6 is 0 Å². The number of H-pyrrole nitrogens is 1. The van der Waals surface area contributed by atoms with Gasteiger partial charge in [0.2, 0.25) is 5.91 Å². The summed E-state index contributed by atoms with van der Waals surface area (Å²) in [5, 5.41) is 11.9. The highest BCUT2D eigenvalue weighted by atomic mass is 16.2. The quantitative estimate of drug-likeness (QED) is 0.688. The average molecular weight is 242 g/mol. The van der Waals surface area contributed by atoms with Gasteiger partial charge in [0.1, 0.15) is 6.54 Å². The van der Waals surface area contributed by atoms with Crippen LogP contribution in [0.3, 0.4) is 0 Å². The number of aromatic nitrogens is 1. The van der Waals surface area contributed by atoms with E-state index in [4.69, 9.17) is 11.0 Å². The number of nitrogens with one attached hydrogen (secondary N) is 2. The molecule has 0 aliphatic heterocycles. The van der Waals surface area contributed by atoms with Gasteiger partial charge in [-0.25, -0.2) is 0 Å². The molecule has 0 aliphatic carbocycles. The Morgan fingerprint density at radius 2 is 2.28 bits per heavy atom. The summed E-state index contributed by atoms with van der Waals surface area (Å²) < 4.78 is 0. The Labute approximate surface area is 105 Å². The van der Waals surface area contributed by atoms with Gasteiger partial charge in [-0.3, -0.25) is 4.79 Å². The number of aromatic amines is 1. The lowest BCUT2D eigenvalue weighted by molar-refractivity contribution is -0.122. The van der Waals surface area contributed by atoms with E-state index in [1.165, 1.54) is 0 Å². The van der Waals surface area contributed by atoms with Crippen molar-refractivity contribution in [3.05, 3.63) is 36.0 Å². The van der Waals surface area contributed by atoms with Gasteiger partial charge >= 0.3 is 0 Å². The van der Waals surface area contributed by atoms with Crippen molar-refractivity contribution in [1.29, 1.82) is 5.26 Å². The van der Waals surface area contributed by atoms with E-state index in [0.29, 0.717) is 6.42 Å². The smallest absolute Gasteiger partial charge is 0.238 e. The molecule has 0 saturated carbocycles. The lowest BCUT2D eigenvalue weighted by Gasteiger charge is -2.09. The fourth-order valence-electron chi connectivity index (χ4n) is 1.89. The van der Waals surface area contributed by atoms with Crippen molar-refractivity contribution in [1.82, 2.24) is 10.3 Å². The van der Waals surface area contributed by atoms with Crippen LogP contribution in [0.4, 0.5) is 0 Å². The topological polar surface area (TPSA) is 94.7 Å². The van der Waals surface area contributed by atoms with E-state index in [2.05, 4.69) is 10.3 Å². The number of fused-ring (bicyclic) bond motifs is 1. The van der Waals surface area contributed by atoms with Crippen LogP contribution in [0.2, 0.25) is 0 Å². The fourth-order valence-corrected chi connectivity index (χ4v) is 1.89. The maximum absolute atomic E-state index is 11.6. The van der Waals surface area contributed by atoms with Gasteiger partial charge in [-0.1, -0.05) is 18.2 Å². The summed E-state index contributed by atoms with van der Waals surface area (Å²) in [6.07, 6.45) is 2.31. The summed E-state index contributed by atoms with van der Waals surface area (Å²) in [5.74, 6) is -0.304. The predicted octanol–water partition coefficient (Wildman–Crippen LogP) is 0.677. The number of hydrogen-bond acceptors (Lipinski definition) is 3. The summed E-state index contributed by atoms with van der Waals surface area (Å²) in [6.45, 7) is -0.0135. The first-order chi connectivity index (χ1) is 8.72. The molecule has 0 fully saturated rings. The average Bonchev–Trinajstić information content (AvgIpc) is 2.79. The Hall–Kier alpha value is -2.32. The highest BCUT2D eigenvalue weighted by Crippen LogP contribution is 2.18. The first-order valence-electron chi connectivity index (χ1n) is 5.67. The van der Waals surface area contributed by atoms with Crippen molar-refractivity contribution in [2.45, 2.75) is 12.5 Å². The number of para-hydroxylation sites is 1. The maximum Gasteiger partial charge on any atom is 0.238 e. The summed E-state index contributed by atoms with van der Waals surface area (Å²) in [5.41, 5.74) is 7.83. The summed E-state index contributed by atoms with van der Waals surface area (Å²) in [4.78, 5) is 14.7. The van der Waals surface area contributed by atoms with Crippen molar-refractivity contribution >= 4 is 16.8 Å². The molecule has 1 heterocycles. The van der Waals surface area contributed by atoms with Crippen LogP contribution in [0.1, 0.15) is 5.56 Å². The third-order valence-corrected chi connectivity index (χ3v) is 2.79. The first kappa shape index (κ1) is 12.1. The molecule has 0 radical (unpaired) electrons. The standard InChI is InChI=1S/C13H14N4O/c14-5-6-16-13(18)11(15)7-9-8-17-12-4-2-1-3-10(9)12/h1-4,8,11,17H,6-7,15H2,(H,16,18). The number of carbonyl (C=O) groups excluding carboxylic acids is 1. The van der Waals surface area contributed by atoms with Gasteiger partial charge in [-0.05, 0) is 18.1 Å². The second kappa shape index (κ2) is 5.34. The number of nitrogens with two attached hydrogens (primary N) is 1. The number of amides is 1. The second-order valence-corrected chi connectivity index (χ2v) is 4.05. The normalized spacial score (nSPS) is 12.0. The van der Waals surface area contributed by atoms with Crippen molar-refractivity contribution < 1.29 is 4.79 Å². The minimum absolute atomic E-state index is 0.0135. The molecule has 0 spiro atoms. The van der Waals surface area contributed by atoms with Crippen molar-refractivity contribution in [2.24, 2.45) is 5.73 Å². The Bertz CT molecular complexity index is 596. The van der Waals surface area contributed by atoms with Crippen LogP contribution in [0.15, 0.2) is 30.5 Å². The molecule has 0 aliphatic rings. The van der Waals surface area contributed by atoms with E-state index in [1.54, 1.807) is 0 Å². The summed E-state index contributed by atoms with van der Waals surface area (Å²) in [7, 11) is 0. The Kier molecular flexibility index (Phi) is 3.60. The molecule has 1 atom stereocenters. The zero-order valence-corrected chi connectivity index (χ0v) is 9.81. The number of rotatable bonds is 4. The van der Waals surface area contributed by atoms with Crippen LogP contribution in [0.5, 0.6) is 0 Å². The van der Waals surface area contributed by atoms with Crippen molar-refractivity contribution in [3.8, 4) is 6.07 Å². The highest BCUT2D eigenvalue weighted by Gasteiger charge is 2.15. The maximum atomic E-state index is 11.6. The molecule has 0 bridgehead atoms. The number of benzene rings is 1. The lowest BCUT2D eigenvalue weighted by Crippen LogP contribution is -2.42. The van der Waals surface area contributed by atoms with E-state index < -0.39 is 6.04 Å². The first-order valence-corrected chi connectivity index (χ1v) is 5.67. The zero-order valence-electron chi connectivity index (χ0n) is 9.81. The molecule has 5 nitrogen and oxygen atoms in total. The molecule has 4 N–H and O–H groups in total. The summed E-state index contributed by atoms with van der Waals surface area (Å²) in [6, 6.07) is 9.06. The number of hydrogen-bond donors (Lipinski definition) is 3. The Balaban J connectivity index is 2.09. The molecule has 2 rings (SSSR count). The minimum Gasteiger partial charge on any atom is -0.361 e. The van der Waals surface area contributed by atoms with E-state index in [-0.39, 0.29) is 12.5 Å². The lowest BCUT2D eigenvalue weighted by atomic mass is 10.1. The van der Waals surface area contributed by atoms with Crippen LogP contribution < -0.4 is 11.1 Å². The van der Waals surface area contributed by atoms with Gasteiger partial charge in [0.25, 0.3) is 0 Å². The SMILES string of the molecule is N#CCNC(=O)C(N)Cc1c[nH]c2ccccc12. The van der Waals surface area contributed by atoms with Gasteiger partial charge in [0.05, 0.1) is 12.1 Å². The zero-order chi connectivity index (χ0) is 13.0. The molecule has 1 aromatic carbocycles. The van der Waals surface area contributed by atoms with Gasteiger partial charge in [-0.15, -0.1) is 0 Å².